The van der Waals surface area contributed by atoms with Crippen LogP contribution in [0.15, 0.2) is 71.8 Å². The van der Waals surface area contributed by atoms with E-state index < -0.39 is 0 Å². The summed E-state index contributed by atoms with van der Waals surface area (Å²) in [5.41, 5.74) is 4.02. The van der Waals surface area contributed by atoms with Crippen molar-refractivity contribution in [3.63, 3.8) is 0 Å². The van der Waals surface area contributed by atoms with Gasteiger partial charge in [-0.2, -0.15) is 0 Å². The van der Waals surface area contributed by atoms with Crippen molar-refractivity contribution in [3.8, 4) is 0 Å². The molecule has 0 amide bonds. The minimum Gasteiger partial charge on any atom is -0.385 e. The third-order valence-corrected chi connectivity index (χ3v) is 8.21. The van der Waals surface area contributed by atoms with Crippen LogP contribution in [-0.2, 0) is 5.41 Å². The topological polar surface area (TPSA) is 15.3 Å². The van der Waals surface area contributed by atoms with Crippen LogP contribution >= 0.6 is 11.8 Å². The number of fused-ring (bicyclic) bond motifs is 1. The van der Waals surface area contributed by atoms with Gasteiger partial charge in [-0.05, 0) is 60.2 Å². The Bertz CT molecular complexity index is 997. The lowest BCUT2D eigenvalue weighted by Gasteiger charge is -2.41. The Morgan fingerprint density at radius 3 is 2.72 bits per heavy atom. The first-order valence-electron chi connectivity index (χ1n) is 12.4. The molecule has 2 aromatic carbocycles. The predicted octanol–water partition coefficient (Wildman–Crippen LogP) is 7.89. The second kappa shape index (κ2) is 10.7. The highest BCUT2D eigenvalue weighted by Crippen LogP contribution is 2.50. The normalized spacial score (nSPS) is 19.8. The lowest BCUT2D eigenvalue weighted by molar-refractivity contribution is 0.349. The largest absolute Gasteiger partial charge is 0.385 e. The van der Waals surface area contributed by atoms with Crippen molar-refractivity contribution in [2.75, 3.05) is 30.7 Å². The standard InChI is InChI=1S/C29H38N2S/c1-4-20-30-26-17-16-24-13-7-8-14-25(24)28(26)29(18-9-6-10-19-29)23(3)12-11-15-27-31(5-2)21-22-32-27/h7-8,11-17,30H,3-6,9-10,18-22H2,1-2H3/b12-11+,27-15-. The second-order valence-electron chi connectivity index (χ2n) is 9.10. The lowest BCUT2D eigenvalue weighted by atomic mass is 9.63. The van der Waals surface area contributed by atoms with Crippen molar-refractivity contribution in [3.05, 3.63) is 77.4 Å². The molecule has 1 aliphatic heterocycles. The van der Waals surface area contributed by atoms with Gasteiger partial charge in [-0.25, -0.2) is 0 Å². The van der Waals surface area contributed by atoms with E-state index in [0.29, 0.717) is 0 Å². The molecule has 2 aromatic rings. The van der Waals surface area contributed by atoms with Gasteiger partial charge in [0.2, 0.25) is 0 Å². The fourth-order valence-electron chi connectivity index (χ4n) is 5.42. The van der Waals surface area contributed by atoms with Gasteiger partial charge in [-0.1, -0.05) is 75.2 Å². The first-order valence-corrected chi connectivity index (χ1v) is 13.4. The van der Waals surface area contributed by atoms with E-state index in [1.54, 1.807) is 0 Å². The SMILES string of the molecule is C=C(/C=C/C=C1\SCCN1CC)C1(c2c(NCCC)ccc3ccccc23)CCCCC1. The minimum atomic E-state index is -0.00252. The summed E-state index contributed by atoms with van der Waals surface area (Å²) >= 11 is 1.97. The quantitative estimate of drug-likeness (QED) is 0.415. The molecule has 4 rings (SSSR count). The summed E-state index contributed by atoms with van der Waals surface area (Å²) in [6.07, 6.45) is 14.2. The smallest absolute Gasteiger partial charge is 0.0708 e. The van der Waals surface area contributed by atoms with Crippen LogP contribution in [0.25, 0.3) is 10.8 Å². The van der Waals surface area contributed by atoms with Crippen molar-refractivity contribution in [2.45, 2.75) is 57.8 Å². The predicted molar refractivity (Wildman–Crippen MR) is 144 cm³/mol. The first kappa shape index (κ1) is 23.0. The van der Waals surface area contributed by atoms with E-state index in [-0.39, 0.29) is 5.41 Å². The van der Waals surface area contributed by atoms with Crippen molar-refractivity contribution in [1.82, 2.24) is 4.90 Å². The third-order valence-electron chi connectivity index (χ3n) is 7.14. The molecule has 1 heterocycles. The molecule has 0 aromatic heterocycles. The van der Waals surface area contributed by atoms with Crippen LogP contribution < -0.4 is 5.32 Å². The number of allylic oxidation sites excluding steroid dienone is 4. The van der Waals surface area contributed by atoms with Crippen molar-refractivity contribution in [1.29, 1.82) is 0 Å². The molecule has 0 unspecified atom stereocenters. The summed E-state index contributed by atoms with van der Waals surface area (Å²) in [6.45, 7) is 12.4. The van der Waals surface area contributed by atoms with Gasteiger partial charge in [0.05, 0.1) is 5.03 Å². The third kappa shape index (κ3) is 4.64. The Morgan fingerprint density at radius 2 is 1.94 bits per heavy atom. The van der Waals surface area contributed by atoms with E-state index in [2.05, 4.69) is 78.7 Å². The van der Waals surface area contributed by atoms with Gasteiger partial charge in [-0.15, -0.1) is 11.8 Å². The summed E-state index contributed by atoms with van der Waals surface area (Å²) < 4.78 is 0. The summed E-state index contributed by atoms with van der Waals surface area (Å²) in [5, 5.41) is 7.86. The molecule has 0 spiro atoms. The Hall–Kier alpha value is -2.13. The molecule has 0 bridgehead atoms. The van der Waals surface area contributed by atoms with E-state index in [0.717, 1.165) is 26.1 Å². The van der Waals surface area contributed by atoms with Gasteiger partial charge in [0, 0.05) is 36.5 Å². The van der Waals surface area contributed by atoms with Crippen LogP contribution in [0.1, 0.15) is 57.9 Å². The zero-order valence-electron chi connectivity index (χ0n) is 19.8. The van der Waals surface area contributed by atoms with Crippen molar-refractivity contribution in [2.24, 2.45) is 0 Å². The van der Waals surface area contributed by atoms with Gasteiger partial charge < -0.3 is 10.2 Å². The Labute approximate surface area is 198 Å². The molecule has 2 nitrogen and oxygen atoms in total. The molecular formula is C29H38N2S. The highest BCUT2D eigenvalue weighted by atomic mass is 32.2. The maximum Gasteiger partial charge on any atom is 0.0708 e. The number of hydrogen-bond donors (Lipinski definition) is 1. The molecule has 2 aliphatic rings. The average Bonchev–Trinajstić information content (AvgIpc) is 3.30. The number of benzene rings is 2. The van der Waals surface area contributed by atoms with Gasteiger partial charge in [0.1, 0.15) is 0 Å². The van der Waals surface area contributed by atoms with Crippen molar-refractivity contribution < 1.29 is 0 Å². The van der Waals surface area contributed by atoms with E-state index >= 15 is 0 Å². The number of rotatable bonds is 8. The molecule has 1 saturated carbocycles. The number of anilines is 1. The number of thioether (sulfide) groups is 1. The second-order valence-corrected chi connectivity index (χ2v) is 10.2. The number of nitrogens with zero attached hydrogens (tertiary/aromatic N) is 1. The summed E-state index contributed by atoms with van der Waals surface area (Å²) in [4.78, 5) is 2.46. The lowest BCUT2D eigenvalue weighted by Crippen LogP contribution is -2.32. The van der Waals surface area contributed by atoms with Crippen LogP contribution in [0.2, 0.25) is 0 Å². The van der Waals surface area contributed by atoms with Gasteiger partial charge in [0.15, 0.2) is 0 Å². The maximum absolute atomic E-state index is 4.69. The van der Waals surface area contributed by atoms with Gasteiger partial charge >= 0.3 is 0 Å². The van der Waals surface area contributed by atoms with E-state index in [1.807, 2.05) is 11.8 Å². The molecule has 32 heavy (non-hydrogen) atoms. The molecule has 1 saturated heterocycles. The van der Waals surface area contributed by atoms with Gasteiger partial charge in [-0.3, -0.25) is 0 Å². The van der Waals surface area contributed by atoms with E-state index in [9.17, 15) is 0 Å². The zero-order chi connectivity index (χ0) is 22.4. The fourth-order valence-corrected chi connectivity index (χ4v) is 6.52. The minimum absolute atomic E-state index is 0.00252. The van der Waals surface area contributed by atoms with E-state index in [4.69, 9.17) is 6.58 Å². The Morgan fingerprint density at radius 1 is 1.12 bits per heavy atom. The maximum atomic E-state index is 4.69. The molecule has 0 radical (unpaired) electrons. The molecule has 170 valence electrons. The number of hydrogen-bond acceptors (Lipinski definition) is 3. The molecular weight excluding hydrogens is 408 g/mol. The molecule has 1 aliphatic carbocycles. The summed E-state index contributed by atoms with van der Waals surface area (Å²) in [7, 11) is 0. The Kier molecular flexibility index (Phi) is 7.67. The van der Waals surface area contributed by atoms with Crippen LogP contribution in [0.5, 0.6) is 0 Å². The average molecular weight is 447 g/mol. The molecule has 1 N–H and O–H groups in total. The monoisotopic (exact) mass is 446 g/mol. The van der Waals surface area contributed by atoms with Crippen molar-refractivity contribution >= 4 is 28.2 Å². The Balaban J connectivity index is 1.76. The molecule has 2 fully saturated rings. The molecule has 3 heteroatoms. The van der Waals surface area contributed by atoms with Crippen LogP contribution in [0, 0.1) is 0 Å². The first-order chi connectivity index (χ1) is 15.7. The zero-order valence-corrected chi connectivity index (χ0v) is 20.6. The van der Waals surface area contributed by atoms with Crippen LogP contribution in [0.4, 0.5) is 5.69 Å². The summed E-state index contributed by atoms with van der Waals surface area (Å²) in [6, 6.07) is 13.5. The van der Waals surface area contributed by atoms with Gasteiger partial charge in [0.25, 0.3) is 0 Å². The van der Waals surface area contributed by atoms with Crippen LogP contribution in [0.3, 0.4) is 0 Å². The van der Waals surface area contributed by atoms with Crippen LogP contribution in [-0.4, -0.2) is 30.3 Å². The molecule has 0 atom stereocenters. The summed E-state index contributed by atoms with van der Waals surface area (Å²) in [5.74, 6) is 1.20. The van der Waals surface area contributed by atoms with E-state index in [1.165, 1.54) is 70.5 Å². The number of nitrogens with one attached hydrogen (secondary N) is 1. The highest BCUT2D eigenvalue weighted by molar-refractivity contribution is 8.03. The highest BCUT2D eigenvalue weighted by Gasteiger charge is 2.38. The fraction of sp³-hybridized carbons (Fsp3) is 0.448.